The van der Waals surface area contributed by atoms with E-state index in [1.807, 2.05) is 11.8 Å². The van der Waals surface area contributed by atoms with Crippen LogP contribution in [-0.2, 0) is 4.79 Å². The third-order valence-electron chi connectivity index (χ3n) is 3.40. The van der Waals surface area contributed by atoms with E-state index in [1.165, 1.54) is 12.2 Å². The van der Waals surface area contributed by atoms with Gasteiger partial charge >= 0.3 is 0 Å². The number of carbonyl (C=O) groups excluding carboxylic acids is 1. The van der Waals surface area contributed by atoms with E-state index in [2.05, 4.69) is 18.8 Å². The molecule has 1 unspecified atom stereocenters. The highest BCUT2D eigenvalue weighted by Gasteiger charge is 2.56. The monoisotopic (exact) mass is 197 g/mol. The summed E-state index contributed by atoms with van der Waals surface area (Å²) in [6.45, 7) is 4.55. The Bertz CT molecular complexity index is 264. The van der Waals surface area contributed by atoms with E-state index in [1.54, 1.807) is 6.08 Å². The molecule has 0 spiro atoms. The van der Waals surface area contributed by atoms with Crippen molar-refractivity contribution in [1.29, 1.82) is 0 Å². The summed E-state index contributed by atoms with van der Waals surface area (Å²) in [6.07, 6.45) is 5.15. The van der Waals surface area contributed by atoms with Gasteiger partial charge in [0.15, 0.2) is 0 Å². The third kappa shape index (κ3) is 1.44. The zero-order valence-electron chi connectivity index (χ0n) is 8.17. The Morgan fingerprint density at radius 1 is 1.46 bits per heavy atom. The SMILES string of the molecule is CC1(C)SCCC1C1(N=C=O)CC1. The summed E-state index contributed by atoms with van der Waals surface area (Å²) >= 11 is 2.01. The molecule has 0 aromatic heterocycles. The van der Waals surface area contributed by atoms with Crippen LogP contribution in [0, 0.1) is 5.92 Å². The van der Waals surface area contributed by atoms with E-state index in [-0.39, 0.29) is 5.54 Å². The summed E-state index contributed by atoms with van der Waals surface area (Å²) in [7, 11) is 0. The lowest BCUT2D eigenvalue weighted by molar-refractivity contribution is 0.342. The van der Waals surface area contributed by atoms with Crippen molar-refractivity contribution < 1.29 is 4.79 Å². The molecular weight excluding hydrogens is 182 g/mol. The standard InChI is InChI=1S/C10H15NOS/c1-9(2)8(3-6-13-9)10(4-5-10)11-7-12/h8H,3-6H2,1-2H3. The summed E-state index contributed by atoms with van der Waals surface area (Å²) in [4.78, 5) is 14.4. The molecule has 2 aliphatic rings. The molecule has 2 nitrogen and oxygen atoms in total. The molecule has 0 aromatic carbocycles. The Hall–Kier alpha value is -0.270. The Morgan fingerprint density at radius 2 is 2.15 bits per heavy atom. The number of rotatable bonds is 2. The van der Waals surface area contributed by atoms with Crippen LogP contribution in [0.4, 0.5) is 0 Å². The van der Waals surface area contributed by atoms with Crippen LogP contribution in [0.2, 0.25) is 0 Å². The largest absolute Gasteiger partial charge is 0.235 e. The van der Waals surface area contributed by atoms with Crippen molar-refractivity contribution in [2.75, 3.05) is 5.75 Å². The Morgan fingerprint density at radius 3 is 2.54 bits per heavy atom. The maximum absolute atomic E-state index is 10.3. The van der Waals surface area contributed by atoms with Crippen LogP contribution in [0.3, 0.4) is 0 Å². The number of isocyanates is 1. The van der Waals surface area contributed by atoms with Gasteiger partial charge in [-0.05, 0) is 30.9 Å². The van der Waals surface area contributed by atoms with Crippen molar-refractivity contribution in [2.45, 2.75) is 43.4 Å². The Kier molecular flexibility index (Phi) is 2.04. The molecule has 1 aliphatic carbocycles. The van der Waals surface area contributed by atoms with Gasteiger partial charge in [-0.1, -0.05) is 13.8 Å². The zero-order chi connectivity index (χ0) is 9.53. The highest BCUT2D eigenvalue weighted by Crippen LogP contribution is 2.58. The fourth-order valence-electron chi connectivity index (χ4n) is 2.56. The summed E-state index contributed by atoms with van der Waals surface area (Å²) in [6, 6.07) is 0. The van der Waals surface area contributed by atoms with Crippen molar-refractivity contribution in [2.24, 2.45) is 10.9 Å². The number of hydrogen-bond acceptors (Lipinski definition) is 3. The van der Waals surface area contributed by atoms with Crippen molar-refractivity contribution in [3.05, 3.63) is 0 Å². The molecule has 1 aliphatic heterocycles. The molecule has 3 heteroatoms. The van der Waals surface area contributed by atoms with E-state index in [9.17, 15) is 4.79 Å². The van der Waals surface area contributed by atoms with Crippen LogP contribution in [0.15, 0.2) is 4.99 Å². The molecule has 0 radical (unpaired) electrons. The number of hydrogen-bond donors (Lipinski definition) is 0. The van der Waals surface area contributed by atoms with Gasteiger partial charge in [-0.3, -0.25) is 0 Å². The maximum Gasteiger partial charge on any atom is 0.235 e. The average molecular weight is 197 g/mol. The first-order valence-electron chi connectivity index (χ1n) is 4.84. The summed E-state index contributed by atoms with van der Waals surface area (Å²) in [5.41, 5.74) is -0.00521. The molecule has 72 valence electrons. The maximum atomic E-state index is 10.3. The van der Waals surface area contributed by atoms with Crippen LogP contribution in [0.25, 0.3) is 0 Å². The van der Waals surface area contributed by atoms with E-state index in [0.29, 0.717) is 10.7 Å². The second-order valence-corrected chi connectivity index (χ2v) is 6.35. The molecule has 1 saturated heterocycles. The van der Waals surface area contributed by atoms with Gasteiger partial charge in [-0.15, -0.1) is 0 Å². The second-order valence-electron chi connectivity index (χ2n) is 4.60. The van der Waals surface area contributed by atoms with Gasteiger partial charge in [0, 0.05) is 4.75 Å². The van der Waals surface area contributed by atoms with Crippen molar-refractivity contribution >= 4 is 17.8 Å². The van der Waals surface area contributed by atoms with E-state index < -0.39 is 0 Å². The van der Waals surface area contributed by atoms with Crippen LogP contribution >= 0.6 is 11.8 Å². The smallest absolute Gasteiger partial charge is 0.211 e. The minimum atomic E-state index is -0.00521. The normalized spacial score (nSPS) is 33.8. The highest BCUT2D eigenvalue weighted by atomic mass is 32.2. The van der Waals surface area contributed by atoms with Gasteiger partial charge < -0.3 is 0 Å². The quantitative estimate of drug-likeness (QED) is 0.502. The Labute approximate surface area is 83.2 Å². The fourth-order valence-corrected chi connectivity index (χ4v) is 3.98. The molecule has 0 aromatic rings. The molecule has 0 N–H and O–H groups in total. The van der Waals surface area contributed by atoms with Gasteiger partial charge in [0.2, 0.25) is 6.08 Å². The minimum absolute atomic E-state index is 0.00521. The van der Waals surface area contributed by atoms with Gasteiger partial charge in [-0.25, -0.2) is 4.79 Å². The van der Waals surface area contributed by atoms with E-state index >= 15 is 0 Å². The van der Waals surface area contributed by atoms with Gasteiger partial charge in [0.05, 0.1) is 5.54 Å². The number of thioether (sulfide) groups is 1. The molecule has 1 atom stereocenters. The molecule has 0 amide bonds. The number of nitrogens with zero attached hydrogens (tertiary/aromatic N) is 1. The summed E-state index contributed by atoms with van der Waals surface area (Å²) < 4.78 is 0.302. The summed E-state index contributed by atoms with van der Waals surface area (Å²) in [5, 5.41) is 0. The van der Waals surface area contributed by atoms with Gasteiger partial charge in [0.25, 0.3) is 0 Å². The predicted octanol–water partition coefficient (Wildman–Crippen LogP) is 2.39. The van der Waals surface area contributed by atoms with Crippen molar-refractivity contribution in [3.8, 4) is 0 Å². The van der Waals surface area contributed by atoms with Crippen LogP contribution in [0.1, 0.15) is 33.1 Å². The lowest BCUT2D eigenvalue weighted by Crippen LogP contribution is -2.33. The average Bonchev–Trinajstić information content (AvgIpc) is 2.71. The van der Waals surface area contributed by atoms with Crippen LogP contribution in [-0.4, -0.2) is 22.1 Å². The van der Waals surface area contributed by atoms with E-state index in [4.69, 9.17) is 0 Å². The zero-order valence-corrected chi connectivity index (χ0v) is 8.99. The molecule has 1 saturated carbocycles. The third-order valence-corrected chi connectivity index (χ3v) is 4.87. The molecule has 13 heavy (non-hydrogen) atoms. The topological polar surface area (TPSA) is 29.4 Å². The first-order valence-corrected chi connectivity index (χ1v) is 5.82. The molecule has 2 fully saturated rings. The fraction of sp³-hybridized carbons (Fsp3) is 0.900. The molecule has 0 bridgehead atoms. The molecule has 2 rings (SSSR count). The Balaban J connectivity index is 2.21. The molecule has 1 heterocycles. The van der Waals surface area contributed by atoms with Gasteiger partial charge in [-0.2, -0.15) is 16.8 Å². The van der Waals surface area contributed by atoms with Crippen LogP contribution < -0.4 is 0 Å². The highest BCUT2D eigenvalue weighted by molar-refractivity contribution is 8.00. The second kappa shape index (κ2) is 2.86. The molecular formula is C10H15NOS. The number of aliphatic imine (C=N–C) groups is 1. The predicted molar refractivity (Wildman–Crippen MR) is 54.7 cm³/mol. The summed E-state index contributed by atoms with van der Waals surface area (Å²) in [5.74, 6) is 1.81. The van der Waals surface area contributed by atoms with Crippen LogP contribution in [0.5, 0.6) is 0 Å². The van der Waals surface area contributed by atoms with Gasteiger partial charge in [0.1, 0.15) is 0 Å². The first kappa shape index (κ1) is 9.29. The lowest BCUT2D eigenvalue weighted by Gasteiger charge is -2.30. The van der Waals surface area contributed by atoms with Crippen molar-refractivity contribution in [3.63, 3.8) is 0 Å². The minimum Gasteiger partial charge on any atom is -0.211 e. The lowest BCUT2D eigenvalue weighted by atomic mass is 9.84. The van der Waals surface area contributed by atoms with Crippen molar-refractivity contribution in [1.82, 2.24) is 0 Å². The van der Waals surface area contributed by atoms with E-state index in [0.717, 1.165) is 12.8 Å². The first-order chi connectivity index (χ1) is 6.11.